The zero-order valence-electron chi connectivity index (χ0n) is 12.6. The molecule has 1 aromatic heterocycles. The first-order valence-corrected chi connectivity index (χ1v) is 7.40. The van der Waals surface area contributed by atoms with Gasteiger partial charge in [0, 0.05) is 25.5 Å². The number of nitrogens with one attached hydrogen (secondary N) is 2. The van der Waals surface area contributed by atoms with Gasteiger partial charge in [0.15, 0.2) is 0 Å². The van der Waals surface area contributed by atoms with Crippen molar-refractivity contribution in [1.29, 1.82) is 0 Å². The molecule has 0 atom stereocenters. The number of benzene rings is 1. The number of rotatable bonds is 7. The van der Waals surface area contributed by atoms with Crippen LogP contribution in [-0.4, -0.2) is 17.4 Å². The molecule has 1 amide bonds. The van der Waals surface area contributed by atoms with Gasteiger partial charge in [-0.2, -0.15) is 0 Å². The second kappa shape index (κ2) is 8.12. The van der Waals surface area contributed by atoms with Gasteiger partial charge in [-0.25, -0.2) is 4.39 Å². The molecule has 0 aliphatic heterocycles. The van der Waals surface area contributed by atoms with Gasteiger partial charge in [-0.05, 0) is 30.2 Å². The third kappa shape index (κ3) is 4.84. The van der Waals surface area contributed by atoms with Crippen LogP contribution in [0.1, 0.15) is 35.7 Å². The minimum atomic E-state index is -0.254. The van der Waals surface area contributed by atoms with Gasteiger partial charge >= 0.3 is 0 Å². The van der Waals surface area contributed by atoms with Crippen molar-refractivity contribution in [1.82, 2.24) is 10.3 Å². The molecule has 0 saturated carbocycles. The lowest BCUT2D eigenvalue weighted by atomic mass is 10.2. The van der Waals surface area contributed by atoms with Crippen LogP contribution in [0.15, 0.2) is 42.7 Å². The number of carbonyl (C=O) groups excluding carboxylic acids is 1. The molecule has 0 fully saturated rings. The maximum atomic E-state index is 12.8. The van der Waals surface area contributed by atoms with E-state index in [0.29, 0.717) is 18.7 Å². The van der Waals surface area contributed by atoms with Crippen molar-refractivity contribution in [3.63, 3.8) is 0 Å². The minimum absolute atomic E-state index is 0.119. The molecule has 0 aliphatic carbocycles. The average molecular weight is 301 g/mol. The number of unbranched alkanes of at least 4 members (excludes halogenated alkanes) is 1. The Labute approximate surface area is 129 Å². The van der Waals surface area contributed by atoms with Gasteiger partial charge in [-0.1, -0.05) is 25.5 Å². The van der Waals surface area contributed by atoms with E-state index < -0.39 is 0 Å². The molecule has 0 bridgehead atoms. The molecule has 0 saturated heterocycles. The van der Waals surface area contributed by atoms with Gasteiger partial charge in [0.2, 0.25) is 0 Å². The number of hydrogen-bond acceptors (Lipinski definition) is 3. The highest BCUT2D eigenvalue weighted by molar-refractivity contribution is 5.94. The zero-order chi connectivity index (χ0) is 15.8. The van der Waals surface area contributed by atoms with Crippen LogP contribution in [0.3, 0.4) is 0 Å². The second-order valence-corrected chi connectivity index (χ2v) is 5.05. The SMILES string of the molecule is CCCCNC(=O)c1cncc(NCc2ccc(F)cc2)c1. The van der Waals surface area contributed by atoms with E-state index in [9.17, 15) is 9.18 Å². The number of aromatic nitrogens is 1. The Balaban J connectivity index is 1.93. The van der Waals surface area contributed by atoms with E-state index in [4.69, 9.17) is 0 Å². The van der Waals surface area contributed by atoms with E-state index >= 15 is 0 Å². The fraction of sp³-hybridized carbons (Fsp3) is 0.294. The molecule has 116 valence electrons. The quantitative estimate of drug-likeness (QED) is 0.771. The normalized spacial score (nSPS) is 10.3. The van der Waals surface area contributed by atoms with Crippen LogP contribution in [0.4, 0.5) is 10.1 Å². The van der Waals surface area contributed by atoms with Crippen molar-refractivity contribution < 1.29 is 9.18 Å². The molecular weight excluding hydrogens is 281 g/mol. The molecule has 2 aromatic rings. The summed E-state index contributed by atoms with van der Waals surface area (Å²) in [5.74, 6) is -0.373. The Hall–Kier alpha value is -2.43. The van der Waals surface area contributed by atoms with E-state index in [2.05, 4.69) is 22.5 Å². The van der Waals surface area contributed by atoms with Gasteiger partial charge in [0.05, 0.1) is 11.3 Å². The molecule has 2 rings (SSSR count). The Morgan fingerprint density at radius 1 is 1.23 bits per heavy atom. The number of pyridine rings is 1. The standard InChI is InChI=1S/C17H20FN3O/c1-2-3-8-20-17(22)14-9-16(12-19-11-14)21-10-13-4-6-15(18)7-5-13/h4-7,9,11-12,21H,2-3,8,10H2,1H3,(H,20,22). The van der Waals surface area contributed by atoms with Crippen molar-refractivity contribution in [2.45, 2.75) is 26.3 Å². The van der Waals surface area contributed by atoms with Gasteiger partial charge in [0.25, 0.3) is 5.91 Å². The first kappa shape index (κ1) is 15.9. The predicted octanol–water partition coefficient (Wildman–Crippen LogP) is 3.36. The maximum Gasteiger partial charge on any atom is 0.252 e. The van der Waals surface area contributed by atoms with Crippen LogP contribution in [0.5, 0.6) is 0 Å². The van der Waals surface area contributed by atoms with Crippen LogP contribution >= 0.6 is 0 Å². The molecule has 1 heterocycles. The summed E-state index contributed by atoms with van der Waals surface area (Å²) in [7, 11) is 0. The van der Waals surface area contributed by atoms with E-state index in [1.54, 1.807) is 30.6 Å². The summed E-state index contributed by atoms with van der Waals surface area (Å²) in [6.07, 6.45) is 5.20. The minimum Gasteiger partial charge on any atom is -0.380 e. The van der Waals surface area contributed by atoms with E-state index in [1.165, 1.54) is 12.1 Å². The predicted molar refractivity (Wildman–Crippen MR) is 85.2 cm³/mol. The summed E-state index contributed by atoms with van der Waals surface area (Å²) in [6.45, 7) is 3.29. The Morgan fingerprint density at radius 3 is 2.73 bits per heavy atom. The van der Waals surface area contributed by atoms with E-state index in [0.717, 1.165) is 24.1 Å². The third-order valence-electron chi connectivity index (χ3n) is 3.23. The molecule has 4 nitrogen and oxygen atoms in total. The molecule has 0 radical (unpaired) electrons. The Kier molecular flexibility index (Phi) is 5.89. The Bertz CT molecular complexity index is 614. The van der Waals surface area contributed by atoms with Crippen molar-refractivity contribution >= 4 is 11.6 Å². The van der Waals surface area contributed by atoms with Gasteiger partial charge in [-0.15, -0.1) is 0 Å². The number of halogens is 1. The topological polar surface area (TPSA) is 54.0 Å². The third-order valence-corrected chi connectivity index (χ3v) is 3.23. The molecule has 22 heavy (non-hydrogen) atoms. The van der Waals surface area contributed by atoms with Crippen molar-refractivity contribution in [3.8, 4) is 0 Å². The number of hydrogen-bond donors (Lipinski definition) is 2. The highest BCUT2D eigenvalue weighted by Crippen LogP contribution is 2.11. The van der Waals surface area contributed by atoms with Crippen LogP contribution in [-0.2, 0) is 6.54 Å². The van der Waals surface area contributed by atoms with Crippen molar-refractivity contribution in [2.24, 2.45) is 0 Å². The maximum absolute atomic E-state index is 12.8. The van der Waals surface area contributed by atoms with Crippen molar-refractivity contribution in [2.75, 3.05) is 11.9 Å². The molecule has 0 aliphatic rings. The summed E-state index contributed by atoms with van der Waals surface area (Å²) in [5, 5.41) is 6.04. The molecule has 2 N–H and O–H groups in total. The zero-order valence-corrected chi connectivity index (χ0v) is 12.6. The number of nitrogens with zero attached hydrogens (tertiary/aromatic N) is 1. The molecule has 1 aromatic carbocycles. The summed E-state index contributed by atoms with van der Waals surface area (Å²) in [6, 6.07) is 8.05. The van der Waals surface area contributed by atoms with Crippen LogP contribution in [0, 0.1) is 5.82 Å². The monoisotopic (exact) mass is 301 g/mol. The van der Waals surface area contributed by atoms with E-state index in [1.807, 2.05) is 0 Å². The lowest BCUT2D eigenvalue weighted by Gasteiger charge is -2.08. The number of anilines is 1. The average Bonchev–Trinajstić information content (AvgIpc) is 2.55. The smallest absolute Gasteiger partial charge is 0.252 e. The number of carbonyl (C=O) groups is 1. The van der Waals surface area contributed by atoms with E-state index in [-0.39, 0.29) is 11.7 Å². The van der Waals surface area contributed by atoms with Gasteiger partial charge in [0.1, 0.15) is 5.82 Å². The highest BCUT2D eigenvalue weighted by atomic mass is 19.1. The molecule has 0 spiro atoms. The highest BCUT2D eigenvalue weighted by Gasteiger charge is 2.06. The van der Waals surface area contributed by atoms with Gasteiger partial charge < -0.3 is 10.6 Å². The summed E-state index contributed by atoms with van der Waals surface area (Å²) in [5.41, 5.74) is 2.24. The largest absolute Gasteiger partial charge is 0.380 e. The van der Waals surface area contributed by atoms with Crippen LogP contribution in [0.25, 0.3) is 0 Å². The van der Waals surface area contributed by atoms with Gasteiger partial charge in [-0.3, -0.25) is 9.78 Å². The first-order chi connectivity index (χ1) is 10.7. The number of amides is 1. The fourth-order valence-electron chi connectivity index (χ4n) is 1.95. The fourth-order valence-corrected chi connectivity index (χ4v) is 1.95. The Morgan fingerprint density at radius 2 is 2.00 bits per heavy atom. The first-order valence-electron chi connectivity index (χ1n) is 7.40. The summed E-state index contributed by atoms with van der Waals surface area (Å²) < 4.78 is 12.8. The lowest BCUT2D eigenvalue weighted by Crippen LogP contribution is -2.24. The van der Waals surface area contributed by atoms with Crippen LogP contribution in [0.2, 0.25) is 0 Å². The summed E-state index contributed by atoms with van der Waals surface area (Å²) >= 11 is 0. The lowest BCUT2D eigenvalue weighted by molar-refractivity contribution is 0.0953. The molecule has 0 unspecified atom stereocenters. The van der Waals surface area contributed by atoms with Crippen molar-refractivity contribution in [3.05, 3.63) is 59.7 Å². The summed E-state index contributed by atoms with van der Waals surface area (Å²) in [4.78, 5) is 16.0. The van der Waals surface area contributed by atoms with Crippen LogP contribution < -0.4 is 10.6 Å². The second-order valence-electron chi connectivity index (χ2n) is 5.05. The molecular formula is C17H20FN3O. The molecule has 5 heteroatoms.